The number of benzene rings is 1. The second kappa shape index (κ2) is 11.2. The summed E-state index contributed by atoms with van der Waals surface area (Å²) in [5.41, 5.74) is 1.58. The van der Waals surface area contributed by atoms with Crippen molar-refractivity contribution in [1.29, 1.82) is 0 Å². The summed E-state index contributed by atoms with van der Waals surface area (Å²) in [5.74, 6) is -2.02. The quantitative estimate of drug-likeness (QED) is 0.351. The van der Waals surface area contributed by atoms with Crippen molar-refractivity contribution in [3.8, 4) is 11.3 Å². The molecule has 2 aromatic rings. The van der Waals surface area contributed by atoms with Crippen molar-refractivity contribution in [2.45, 2.75) is 71.2 Å². The van der Waals surface area contributed by atoms with Crippen LogP contribution in [0.1, 0.15) is 51.5 Å². The molecule has 0 saturated carbocycles. The molecule has 3 heterocycles. The van der Waals surface area contributed by atoms with Gasteiger partial charge in [0.15, 0.2) is 0 Å². The Labute approximate surface area is 223 Å². The van der Waals surface area contributed by atoms with Crippen LogP contribution < -0.4 is 15.4 Å². The van der Waals surface area contributed by atoms with Gasteiger partial charge < -0.3 is 29.9 Å². The SMILES string of the molecule is CC(C)C[C@H](NC(=O)[C@@H](NC(=O)c1cccc(-c2ccccc2)n1)[C@@H](C)O)[B-]12OC[C@H](C)[NH+]1[C@H](C)C(=O)O2. The second-order valence-electron chi connectivity index (χ2n) is 10.9. The van der Waals surface area contributed by atoms with Gasteiger partial charge in [-0.1, -0.05) is 56.7 Å². The molecule has 4 rings (SSSR count). The molecule has 1 aromatic carbocycles. The fourth-order valence-corrected chi connectivity index (χ4v) is 5.67. The van der Waals surface area contributed by atoms with E-state index in [1.807, 2.05) is 51.1 Å². The molecular weight excluding hydrogens is 487 g/mol. The number of aliphatic hydroxyl groups excluding tert-OH is 1. The van der Waals surface area contributed by atoms with E-state index < -0.39 is 42.6 Å². The summed E-state index contributed by atoms with van der Waals surface area (Å²) in [5, 5.41) is 16.1. The average molecular weight is 524 g/mol. The van der Waals surface area contributed by atoms with Crippen LogP contribution in [-0.2, 0) is 18.9 Å². The number of aliphatic hydroxyl groups is 1. The fraction of sp³-hybridized carbons (Fsp3) is 0.481. The van der Waals surface area contributed by atoms with E-state index in [1.54, 1.807) is 25.1 Å². The molecule has 2 unspecified atom stereocenters. The summed E-state index contributed by atoms with van der Waals surface area (Å²) in [6.07, 6.45) is -0.707. The Morgan fingerprint density at radius 1 is 1.11 bits per heavy atom. The molecule has 2 aliphatic rings. The van der Waals surface area contributed by atoms with Gasteiger partial charge in [0.1, 0.15) is 17.8 Å². The van der Waals surface area contributed by atoms with Crippen LogP contribution in [0.5, 0.6) is 0 Å². The van der Waals surface area contributed by atoms with Gasteiger partial charge in [0.2, 0.25) is 5.91 Å². The predicted molar refractivity (Wildman–Crippen MR) is 142 cm³/mol. The number of hydrogen-bond acceptors (Lipinski definition) is 7. The van der Waals surface area contributed by atoms with Gasteiger partial charge in [0.05, 0.1) is 24.4 Å². The summed E-state index contributed by atoms with van der Waals surface area (Å²) < 4.78 is 12.0. The van der Waals surface area contributed by atoms with Crippen LogP contribution >= 0.6 is 0 Å². The van der Waals surface area contributed by atoms with Crippen LogP contribution in [0, 0.1) is 5.92 Å². The maximum Gasteiger partial charge on any atom is 0.548 e. The van der Waals surface area contributed by atoms with Crippen molar-refractivity contribution in [2.75, 3.05) is 6.61 Å². The van der Waals surface area contributed by atoms with Crippen molar-refractivity contribution >= 4 is 24.5 Å². The van der Waals surface area contributed by atoms with E-state index in [4.69, 9.17) is 9.31 Å². The fourth-order valence-electron chi connectivity index (χ4n) is 5.67. The van der Waals surface area contributed by atoms with Crippen molar-refractivity contribution in [1.82, 2.24) is 15.6 Å². The van der Waals surface area contributed by atoms with Crippen LogP contribution in [0.4, 0.5) is 0 Å². The number of nitrogens with one attached hydrogen (secondary N) is 3. The van der Waals surface area contributed by atoms with Crippen molar-refractivity contribution < 1.29 is 33.6 Å². The van der Waals surface area contributed by atoms with Crippen LogP contribution in [0.2, 0.25) is 0 Å². The number of fused-ring (bicyclic) bond motifs is 1. The summed E-state index contributed by atoms with van der Waals surface area (Å²) in [7, 11) is 0. The molecule has 0 radical (unpaired) electrons. The molecule has 0 spiro atoms. The summed E-state index contributed by atoms with van der Waals surface area (Å²) >= 11 is 0. The van der Waals surface area contributed by atoms with E-state index >= 15 is 0 Å². The van der Waals surface area contributed by atoms with Crippen molar-refractivity contribution in [3.05, 3.63) is 54.2 Å². The van der Waals surface area contributed by atoms with E-state index in [9.17, 15) is 19.5 Å². The maximum absolute atomic E-state index is 13.5. The molecule has 204 valence electrons. The highest BCUT2D eigenvalue weighted by Crippen LogP contribution is 2.24. The van der Waals surface area contributed by atoms with Gasteiger partial charge in [-0.3, -0.25) is 9.59 Å². The highest BCUT2D eigenvalue weighted by Gasteiger charge is 2.65. The first-order valence-electron chi connectivity index (χ1n) is 13.2. The number of hydrogen-bond donors (Lipinski definition) is 4. The summed E-state index contributed by atoms with van der Waals surface area (Å²) in [6, 6.07) is 12.8. The Bertz CT molecular complexity index is 1180. The summed E-state index contributed by atoms with van der Waals surface area (Å²) in [6.45, 7) is 7.42. The minimum Gasteiger partial charge on any atom is -0.609 e. The van der Waals surface area contributed by atoms with Gasteiger partial charge in [-0.25, -0.2) is 9.78 Å². The number of quaternary nitrogens is 1. The smallest absolute Gasteiger partial charge is 0.548 e. The number of amides is 2. The Hall–Kier alpha value is -3.28. The molecular formula is C27H37BN4O6. The number of aromatic nitrogens is 1. The van der Waals surface area contributed by atoms with Gasteiger partial charge >= 0.3 is 12.7 Å². The topological polar surface area (TPSA) is 131 Å². The summed E-state index contributed by atoms with van der Waals surface area (Å²) in [4.78, 5) is 44.5. The third-order valence-corrected chi connectivity index (χ3v) is 7.46. The number of pyridine rings is 1. The van der Waals surface area contributed by atoms with E-state index in [0.29, 0.717) is 18.7 Å². The number of rotatable bonds is 9. The van der Waals surface area contributed by atoms with Gasteiger partial charge in [-0.05, 0) is 38.8 Å². The Morgan fingerprint density at radius 2 is 1.82 bits per heavy atom. The van der Waals surface area contributed by atoms with E-state index in [1.165, 1.54) is 6.92 Å². The highest BCUT2D eigenvalue weighted by molar-refractivity contribution is 6.64. The Kier molecular flexibility index (Phi) is 8.20. The minimum atomic E-state index is -2.21. The Balaban J connectivity index is 1.54. The van der Waals surface area contributed by atoms with Gasteiger partial charge in [-0.15, -0.1) is 0 Å². The van der Waals surface area contributed by atoms with E-state index in [-0.39, 0.29) is 23.6 Å². The predicted octanol–water partition coefficient (Wildman–Crippen LogP) is 0.486. The molecule has 4 N–H and O–H groups in total. The lowest BCUT2D eigenvalue weighted by Gasteiger charge is -2.41. The van der Waals surface area contributed by atoms with Crippen molar-refractivity contribution in [3.63, 3.8) is 0 Å². The third kappa shape index (κ3) is 5.45. The molecule has 38 heavy (non-hydrogen) atoms. The highest BCUT2D eigenvalue weighted by atomic mass is 16.7. The second-order valence-corrected chi connectivity index (χ2v) is 10.9. The average Bonchev–Trinajstić information content (AvgIpc) is 3.35. The lowest BCUT2D eigenvalue weighted by Crippen LogP contribution is -3.26. The first-order chi connectivity index (χ1) is 18.0. The van der Waals surface area contributed by atoms with Crippen LogP contribution in [0.3, 0.4) is 0 Å². The first kappa shape index (κ1) is 27.8. The maximum atomic E-state index is 13.5. The molecule has 2 saturated heterocycles. The monoisotopic (exact) mass is 524 g/mol. The lowest BCUT2D eigenvalue weighted by atomic mass is 9.59. The van der Waals surface area contributed by atoms with Gasteiger partial charge in [-0.2, -0.15) is 0 Å². The standard InChI is InChI=1S/C27H37BN4O6/c1-16(2)14-23(28-32(17(3)15-37-28)18(4)27(36)38-28)30-26(35)24(19(5)33)31-25(34)22-13-9-12-21(29-22)20-10-7-6-8-11-20/h6-13,16-19,23-24,32-33H,14-15H2,1-5H3,(H,30,35)(H,31,34)/t17-,18+,19+,23-,24-,28?/m0/s1. The molecule has 0 aliphatic carbocycles. The molecule has 2 amide bonds. The minimum absolute atomic E-state index is 0.0123. The lowest BCUT2D eigenvalue weighted by molar-refractivity contribution is -0.831. The first-order valence-corrected chi connectivity index (χ1v) is 13.2. The molecule has 2 fully saturated rings. The number of carbonyl (C=O) groups excluding carboxylic acids is 3. The third-order valence-electron chi connectivity index (χ3n) is 7.46. The van der Waals surface area contributed by atoms with Crippen LogP contribution in [-0.4, -0.2) is 71.3 Å². The normalized spacial score (nSPS) is 26.8. The molecule has 7 atom stereocenters. The van der Waals surface area contributed by atoms with Crippen LogP contribution in [0.15, 0.2) is 48.5 Å². The largest absolute Gasteiger partial charge is 0.609 e. The van der Waals surface area contributed by atoms with E-state index in [0.717, 1.165) is 10.4 Å². The van der Waals surface area contributed by atoms with Crippen molar-refractivity contribution in [2.24, 2.45) is 5.92 Å². The zero-order valence-corrected chi connectivity index (χ0v) is 22.5. The molecule has 0 bridgehead atoms. The number of carbonyl (C=O) groups is 3. The van der Waals surface area contributed by atoms with Gasteiger partial charge in [0, 0.05) is 11.5 Å². The van der Waals surface area contributed by atoms with E-state index in [2.05, 4.69) is 15.6 Å². The molecule has 10 nitrogen and oxygen atoms in total. The molecule has 2 aliphatic heterocycles. The number of nitrogens with zero attached hydrogens (tertiary/aromatic N) is 1. The van der Waals surface area contributed by atoms with Gasteiger partial charge in [0.25, 0.3) is 5.91 Å². The van der Waals surface area contributed by atoms with Crippen LogP contribution in [0.25, 0.3) is 11.3 Å². The zero-order chi connectivity index (χ0) is 27.6. The Morgan fingerprint density at radius 3 is 2.47 bits per heavy atom. The zero-order valence-electron chi connectivity index (χ0n) is 22.5. The molecule has 1 aromatic heterocycles. The molecule has 11 heteroatoms.